The SMILES string of the molecule is BrCc1ccccc1.C.O=C1CC(N(Cc2ccccc2)C2CCc3ccccc32)c2ccccc21.O=C1CC(NC2CCc3ccccc32)c2ccccc21.[2H]CC. The Kier molecular flexibility index (Phi) is 14.7. The number of aryl methyl sites for hydroxylation is 2. The van der Waals surface area contributed by atoms with Gasteiger partial charge in [-0.3, -0.25) is 14.5 Å². The van der Waals surface area contributed by atoms with Crippen molar-refractivity contribution in [3.05, 3.63) is 213 Å². The number of Topliss-reactive ketones (excluding diaryl/α,β-unsaturated/α-hetero) is 2. The van der Waals surface area contributed by atoms with Gasteiger partial charge in [-0.25, -0.2) is 0 Å². The smallest absolute Gasteiger partial charge is 0.165 e. The standard InChI is InChI=1S/C25H23NO.C18H17NO.C7H7Br.C2H6.CH4/c27-25-16-24(21-12-6-7-13-22(21)25)26(17-18-8-2-1-3-9-18)23-15-14-19-10-4-5-11-20(19)23;20-18-11-17(14-7-3-4-8-15(14)18)19-16-10-9-12-5-1-2-6-13(12)16;8-6-7-4-2-1-3-5-7;1-2;/h1-13,23-24H,14-17H2;1-8,16-17,19H,9-11H2;1-5H,6H2;1-2H3;1H4/i;;;1D;. The molecule has 0 fully saturated rings. The summed E-state index contributed by atoms with van der Waals surface area (Å²) in [5, 5.41) is 4.65. The second kappa shape index (κ2) is 20.7. The summed E-state index contributed by atoms with van der Waals surface area (Å²) in [4.78, 5) is 27.3. The number of nitrogens with one attached hydrogen (secondary N) is 1. The van der Waals surface area contributed by atoms with Gasteiger partial charge in [0, 0.05) is 61.4 Å². The molecule has 0 amide bonds. The van der Waals surface area contributed by atoms with Gasteiger partial charge in [0.2, 0.25) is 0 Å². The largest absolute Gasteiger partial charge is 0.303 e. The summed E-state index contributed by atoms with van der Waals surface area (Å²) >= 11 is 3.36. The lowest BCUT2D eigenvalue weighted by Crippen LogP contribution is -2.30. The molecule has 298 valence electrons. The normalized spacial score (nSPS) is 19.4. The van der Waals surface area contributed by atoms with E-state index in [1.54, 1.807) is 6.92 Å². The quantitative estimate of drug-likeness (QED) is 0.163. The highest BCUT2D eigenvalue weighted by Gasteiger charge is 2.39. The number of carbonyl (C=O) groups is 2. The van der Waals surface area contributed by atoms with E-state index in [2.05, 4.69) is 135 Å². The summed E-state index contributed by atoms with van der Waals surface area (Å²) < 4.78 is 6.21. The lowest BCUT2D eigenvalue weighted by atomic mass is 10.00. The zero-order valence-corrected chi connectivity index (χ0v) is 34.4. The number of alkyl halides is 1. The van der Waals surface area contributed by atoms with Crippen molar-refractivity contribution in [1.82, 2.24) is 10.2 Å². The van der Waals surface area contributed by atoms with Crippen molar-refractivity contribution in [2.45, 2.75) is 95.8 Å². The number of hydrogen-bond donors (Lipinski definition) is 1. The average molecular weight is 835 g/mol. The van der Waals surface area contributed by atoms with Crippen molar-refractivity contribution in [1.29, 1.82) is 0 Å². The molecule has 0 aromatic heterocycles. The number of fused-ring (bicyclic) bond motifs is 4. The molecular weight excluding hydrogens is 776 g/mol. The summed E-state index contributed by atoms with van der Waals surface area (Å²) in [6.45, 7) is 3.16. The number of benzene rings is 6. The average Bonchev–Trinajstić information content (AvgIpc) is 4.05. The van der Waals surface area contributed by atoms with E-state index in [0.29, 0.717) is 31.8 Å². The van der Waals surface area contributed by atoms with Crippen molar-refractivity contribution in [2.24, 2.45) is 0 Å². The highest BCUT2D eigenvalue weighted by molar-refractivity contribution is 9.08. The number of nitrogens with zero attached hydrogens (tertiary/aromatic N) is 1. The Morgan fingerprint density at radius 2 is 1.05 bits per heavy atom. The maximum absolute atomic E-state index is 12.7. The zero-order valence-electron chi connectivity index (χ0n) is 33.8. The van der Waals surface area contributed by atoms with Crippen molar-refractivity contribution < 1.29 is 11.0 Å². The van der Waals surface area contributed by atoms with Gasteiger partial charge in [-0.15, -0.1) is 0 Å². The molecule has 5 heteroatoms. The first-order chi connectivity index (χ1) is 28.5. The van der Waals surface area contributed by atoms with Crippen LogP contribution in [0.5, 0.6) is 0 Å². The Hall–Kier alpha value is -4.94. The number of carbonyl (C=O) groups excluding carboxylic acids is 2. The number of ketones is 2. The molecule has 0 radical (unpaired) electrons. The molecule has 0 saturated carbocycles. The molecule has 1 N–H and O–H groups in total. The Balaban J connectivity index is 0.000000160. The molecule has 10 rings (SSSR count). The second-order valence-electron chi connectivity index (χ2n) is 15.0. The van der Waals surface area contributed by atoms with Gasteiger partial charge in [0.15, 0.2) is 11.6 Å². The van der Waals surface area contributed by atoms with Gasteiger partial charge in [-0.2, -0.15) is 0 Å². The fourth-order valence-electron chi connectivity index (χ4n) is 8.99. The zero-order chi connectivity index (χ0) is 40.3. The first-order valence-corrected chi connectivity index (χ1v) is 21.5. The lowest BCUT2D eigenvalue weighted by Gasteiger charge is -2.35. The first-order valence-electron chi connectivity index (χ1n) is 21.0. The maximum Gasteiger partial charge on any atom is 0.165 e. The minimum atomic E-state index is 0. The van der Waals surface area contributed by atoms with Crippen LogP contribution in [0.3, 0.4) is 0 Å². The maximum atomic E-state index is 12.7. The summed E-state index contributed by atoms with van der Waals surface area (Å²) in [7, 11) is 0. The predicted octanol–water partition coefficient (Wildman–Crippen LogP) is 13.3. The van der Waals surface area contributed by atoms with E-state index in [1.165, 1.54) is 44.5 Å². The van der Waals surface area contributed by atoms with Crippen LogP contribution in [0.2, 0.25) is 0 Å². The number of hydrogen-bond acceptors (Lipinski definition) is 4. The number of rotatable bonds is 7. The van der Waals surface area contributed by atoms with E-state index in [-0.39, 0.29) is 31.1 Å². The molecule has 4 unspecified atom stereocenters. The third-order valence-electron chi connectivity index (χ3n) is 11.7. The Morgan fingerprint density at radius 3 is 1.69 bits per heavy atom. The fraction of sp³-hybridized carbons (Fsp3) is 0.283. The molecule has 0 heterocycles. The van der Waals surface area contributed by atoms with Gasteiger partial charge >= 0.3 is 0 Å². The monoisotopic (exact) mass is 833 g/mol. The van der Waals surface area contributed by atoms with Crippen LogP contribution in [0.4, 0.5) is 0 Å². The molecule has 4 aliphatic carbocycles. The fourth-order valence-corrected chi connectivity index (χ4v) is 9.37. The molecule has 4 atom stereocenters. The summed E-state index contributed by atoms with van der Waals surface area (Å²) in [5.74, 6) is 0.546. The van der Waals surface area contributed by atoms with E-state index in [0.717, 1.165) is 48.7 Å². The van der Waals surface area contributed by atoms with Crippen LogP contribution in [0.25, 0.3) is 0 Å². The molecule has 0 bridgehead atoms. The summed E-state index contributed by atoms with van der Waals surface area (Å²) in [5.41, 5.74) is 12.6. The van der Waals surface area contributed by atoms with Gasteiger partial charge in [0.1, 0.15) is 0 Å². The minimum absolute atomic E-state index is 0. The molecular formula is C53H57BrN2O2. The third kappa shape index (κ3) is 9.67. The van der Waals surface area contributed by atoms with Crippen molar-refractivity contribution in [3.8, 4) is 0 Å². The van der Waals surface area contributed by atoms with Gasteiger partial charge < -0.3 is 5.32 Å². The molecule has 0 spiro atoms. The van der Waals surface area contributed by atoms with Crippen LogP contribution in [-0.2, 0) is 24.7 Å². The molecule has 4 aliphatic rings. The highest BCUT2D eigenvalue weighted by atomic mass is 79.9. The molecule has 6 aromatic rings. The molecule has 6 aromatic carbocycles. The van der Waals surface area contributed by atoms with Crippen LogP contribution in [0, 0.1) is 0 Å². The van der Waals surface area contributed by atoms with Crippen LogP contribution in [0.15, 0.2) is 158 Å². The number of halogens is 1. The minimum Gasteiger partial charge on any atom is -0.303 e. The van der Waals surface area contributed by atoms with E-state index in [4.69, 9.17) is 1.37 Å². The second-order valence-corrected chi connectivity index (χ2v) is 15.5. The molecule has 0 saturated heterocycles. The van der Waals surface area contributed by atoms with Gasteiger partial charge in [-0.05, 0) is 70.2 Å². The van der Waals surface area contributed by atoms with E-state index in [1.807, 2.05) is 48.5 Å². The van der Waals surface area contributed by atoms with Crippen molar-refractivity contribution in [2.75, 3.05) is 0 Å². The molecule has 0 aliphatic heterocycles. The van der Waals surface area contributed by atoms with E-state index >= 15 is 0 Å². The van der Waals surface area contributed by atoms with Crippen LogP contribution in [0.1, 0.15) is 138 Å². The lowest BCUT2D eigenvalue weighted by molar-refractivity contribution is 0.0886. The molecule has 4 nitrogen and oxygen atoms in total. The van der Waals surface area contributed by atoms with Crippen LogP contribution in [-0.4, -0.2) is 16.5 Å². The first kappa shape index (κ1) is 41.2. The Morgan fingerprint density at radius 1 is 0.569 bits per heavy atom. The van der Waals surface area contributed by atoms with Crippen molar-refractivity contribution in [3.63, 3.8) is 0 Å². The van der Waals surface area contributed by atoms with E-state index in [9.17, 15) is 9.59 Å². The predicted molar refractivity (Wildman–Crippen MR) is 244 cm³/mol. The van der Waals surface area contributed by atoms with Crippen LogP contribution < -0.4 is 5.32 Å². The van der Waals surface area contributed by atoms with E-state index < -0.39 is 0 Å². The molecule has 58 heavy (non-hydrogen) atoms. The van der Waals surface area contributed by atoms with Gasteiger partial charge in [0.25, 0.3) is 0 Å². The Labute approximate surface area is 356 Å². The highest BCUT2D eigenvalue weighted by Crippen LogP contribution is 2.45. The topological polar surface area (TPSA) is 49.4 Å². The summed E-state index contributed by atoms with van der Waals surface area (Å²) in [6, 6.07) is 55.6. The van der Waals surface area contributed by atoms with Crippen LogP contribution >= 0.6 is 15.9 Å². The van der Waals surface area contributed by atoms with Crippen molar-refractivity contribution >= 4 is 27.5 Å². The van der Waals surface area contributed by atoms with Gasteiger partial charge in [-0.1, -0.05) is 195 Å². The van der Waals surface area contributed by atoms with Gasteiger partial charge in [0.05, 0.1) is 0 Å². The Bertz CT molecular complexity index is 2280. The third-order valence-corrected chi connectivity index (χ3v) is 12.3. The summed E-state index contributed by atoms with van der Waals surface area (Å²) in [6.07, 6.45) is 5.69.